The third-order valence-corrected chi connectivity index (χ3v) is 3.99. The number of nitro groups is 1. The van der Waals surface area contributed by atoms with Crippen LogP contribution in [0, 0.1) is 15.9 Å². The van der Waals surface area contributed by atoms with Crippen molar-refractivity contribution in [3.63, 3.8) is 0 Å². The van der Waals surface area contributed by atoms with E-state index in [1.165, 1.54) is 19.1 Å². The molecule has 0 bridgehead atoms. The highest BCUT2D eigenvalue weighted by atomic mass is 19.1. The van der Waals surface area contributed by atoms with Crippen molar-refractivity contribution in [1.82, 2.24) is 0 Å². The molecule has 0 heterocycles. The number of nitro benzene ring substituents is 1. The van der Waals surface area contributed by atoms with E-state index in [9.17, 15) is 24.1 Å². The smallest absolute Gasteiger partial charge is 0.333 e. The summed E-state index contributed by atoms with van der Waals surface area (Å²) in [6.45, 7) is 1.49. The van der Waals surface area contributed by atoms with Crippen molar-refractivity contribution in [3.8, 4) is 5.75 Å². The maximum absolute atomic E-state index is 14.6. The molecule has 7 nitrogen and oxygen atoms in total. The van der Waals surface area contributed by atoms with E-state index in [0.717, 1.165) is 19.2 Å². The molecule has 136 valence electrons. The minimum Gasteiger partial charge on any atom is -0.468 e. The number of nitrogens with zero attached hydrogens (tertiary/aromatic N) is 1. The van der Waals surface area contributed by atoms with Crippen LogP contribution in [0.15, 0.2) is 48.5 Å². The summed E-state index contributed by atoms with van der Waals surface area (Å²) in [5.74, 6) is -2.96. The fourth-order valence-corrected chi connectivity index (χ4v) is 2.60. The van der Waals surface area contributed by atoms with E-state index in [1.807, 2.05) is 0 Å². The molecule has 8 heteroatoms. The van der Waals surface area contributed by atoms with Gasteiger partial charge in [-0.25, -0.2) is 4.39 Å². The lowest BCUT2D eigenvalue weighted by molar-refractivity contribution is -0.385. The second-order valence-electron chi connectivity index (χ2n) is 5.37. The number of hydrogen-bond acceptors (Lipinski definition) is 6. The molecule has 0 spiro atoms. The number of halogens is 1. The summed E-state index contributed by atoms with van der Waals surface area (Å²) in [4.78, 5) is 35.3. The van der Waals surface area contributed by atoms with Gasteiger partial charge in [0.1, 0.15) is 11.6 Å². The molecular weight excluding hydrogens is 345 g/mol. The highest BCUT2D eigenvalue weighted by molar-refractivity contribution is 6.07. The largest absolute Gasteiger partial charge is 0.468 e. The van der Waals surface area contributed by atoms with Crippen molar-refractivity contribution < 1.29 is 28.4 Å². The normalized spacial score (nSPS) is 12.7. The number of benzene rings is 2. The molecule has 26 heavy (non-hydrogen) atoms. The van der Waals surface area contributed by atoms with Crippen molar-refractivity contribution in [2.45, 2.75) is 18.8 Å². The number of para-hydroxylation sites is 1. The van der Waals surface area contributed by atoms with Gasteiger partial charge >= 0.3 is 11.9 Å². The number of esters is 2. The summed E-state index contributed by atoms with van der Waals surface area (Å²) < 4.78 is 24.5. The van der Waals surface area contributed by atoms with Gasteiger partial charge in [-0.1, -0.05) is 25.1 Å². The Kier molecular flexibility index (Phi) is 5.66. The van der Waals surface area contributed by atoms with Crippen LogP contribution in [0.3, 0.4) is 0 Å². The molecular formula is C18H16FNO6. The Morgan fingerprint density at radius 1 is 1.15 bits per heavy atom. The third-order valence-electron chi connectivity index (χ3n) is 3.99. The van der Waals surface area contributed by atoms with Crippen LogP contribution in [0.5, 0.6) is 5.75 Å². The molecule has 1 atom stereocenters. The molecule has 0 aliphatic rings. The molecule has 2 aromatic carbocycles. The Labute approximate surface area is 148 Å². The number of carbonyl (C=O) groups is 2. The highest BCUT2D eigenvalue weighted by Crippen LogP contribution is 2.35. The first kappa shape index (κ1) is 19.0. The van der Waals surface area contributed by atoms with E-state index in [-0.39, 0.29) is 17.7 Å². The summed E-state index contributed by atoms with van der Waals surface area (Å²) >= 11 is 0. The van der Waals surface area contributed by atoms with Crippen LogP contribution in [0.4, 0.5) is 10.1 Å². The monoisotopic (exact) mass is 361 g/mol. The molecule has 0 aliphatic carbocycles. The maximum atomic E-state index is 14.6. The lowest BCUT2D eigenvalue weighted by atomic mass is 9.77. The van der Waals surface area contributed by atoms with E-state index >= 15 is 0 Å². The quantitative estimate of drug-likeness (QED) is 0.258. The van der Waals surface area contributed by atoms with Crippen LogP contribution < -0.4 is 4.74 Å². The van der Waals surface area contributed by atoms with Crippen LogP contribution >= 0.6 is 0 Å². The Morgan fingerprint density at radius 2 is 1.81 bits per heavy atom. The fourth-order valence-electron chi connectivity index (χ4n) is 2.60. The number of hydrogen-bond donors (Lipinski definition) is 0. The van der Waals surface area contributed by atoms with Crippen molar-refractivity contribution in [2.24, 2.45) is 0 Å². The van der Waals surface area contributed by atoms with E-state index in [0.29, 0.717) is 6.07 Å². The van der Waals surface area contributed by atoms with E-state index in [2.05, 4.69) is 0 Å². The zero-order valence-corrected chi connectivity index (χ0v) is 14.1. The van der Waals surface area contributed by atoms with Crippen molar-refractivity contribution in [1.29, 1.82) is 0 Å². The van der Waals surface area contributed by atoms with Gasteiger partial charge in [-0.05, 0) is 24.6 Å². The Balaban J connectivity index is 2.57. The van der Waals surface area contributed by atoms with Crippen LogP contribution in [0.1, 0.15) is 18.9 Å². The van der Waals surface area contributed by atoms with Crippen LogP contribution in [-0.4, -0.2) is 24.0 Å². The first-order valence-corrected chi connectivity index (χ1v) is 7.67. The molecule has 2 aromatic rings. The van der Waals surface area contributed by atoms with Gasteiger partial charge in [-0.2, -0.15) is 0 Å². The predicted molar refractivity (Wildman–Crippen MR) is 89.1 cm³/mol. The first-order chi connectivity index (χ1) is 12.4. The first-order valence-electron chi connectivity index (χ1n) is 7.67. The van der Waals surface area contributed by atoms with Gasteiger partial charge in [0, 0.05) is 11.6 Å². The van der Waals surface area contributed by atoms with Gasteiger partial charge in [-0.15, -0.1) is 0 Å². The second kappa shape index (κ2) is 7.73. The zero-order chi connectivity index (χ0) is 19.3. The molecule has 0 amide bonds. The highest BCUT2D eigenvalue weighted by Gasteiger charge is 2.51. The summed E-state index contributed by atoms with van der Waals surface area (Å²) in [7, 11) is 1.06. The molecule has 0 N–H and O–H groups in total. The summed E-state index contributed by atoms with van der Waals surface area (Å²) in [5.41, 5.74) is -2.94. The molecule has 0 aromatic heterocycles. The topological polar surface area (TPSA) is 95.7 Å². The lowest BCUT2D eigenvalue weighted by Gasteiger charge is -2.28. The minimum atomic E-state index is -2.09. The van der Waals surface area contributed by atoms with E-state index in [4.69, 9.17) is 9.47 Å². The van der Waals surface area contributed by atoms with Crippen molar-refractivity contribution >= 4 is 17.6 Å². The van der Waals surface area contributed by atoms with E-state index in [1.54, 1.807) is 18.2 Å². The lowest BCUT2D eigenvalue weighted by Crippen LogP contribution is -2.47. The Morgan fingerprint density at radius 3 is 2.31 bits per heavy atom. The number of non-ortho nitro benzene ring substituents is 1. The molecule has 0 radical (unpaired) electrons. The van der Waals surface area contributed by atoms with Gasteiger partial charge in [0.2, 0.25) is 0 Å². The number of rotatable bonds is 6. The van der Waals surface area contributed by atoms with Gasteiger partial charge in [-0.3, -0.25) is 19.7 Å². The second-order valence-corrected chi connectivity index (χ2v) is 5.37. The Bertz CT molecular complexity index is 839. The SMILES string of the molecule is CCC(C(=O)OC)(C(=O)Oc1ccccc1)c1ccc([N+](=O)[O-])cc1F. The molecule has 0 fully saturated rings. The molecule has 0 aliphatic heterocycles. The van der Waals surface area contributed by atoms with Gasteiger partial charge in [0.25, 0.3) is 5.69 Å². The summed E-state index contributed by atoms with van der Waals surface area (Å²) in [6.07, 6.45) is -0.167. The maximum Gasteiger partial charge on any atom is 0.333 e. The Hall–Kier alpha value is -3.29. The van der Waals surface area contributed by atoms with E-state index < -0.39 is 33.8 Å². The average molecular weight is 361 g/mol. The zero-order valence-electron chi connectivity index (χ0n) is 14.1. The number of carbonyl (C=O) groups excluding carboxylic acids is 2. The number of ether oxygens (including phenoxy) is 2. The standard InChI is InChI=1S/C18H16FNO6/c1-3-18(16(21)25-2,17(22)26-13-7-5-4-6-8-13)14-10-9-12(20(23)24)11-15(14)19/h4-11H,3H2,1-2H3. The predicted octanol–water partition coefficient (Wildman–Crippen LogP) is 3.16. The third kappa shape index (κ3) is 3.39. The van der Waals surface area contributed by atoms with Crippen LogP contribution in [0.2, 0.25) is 0 Å². The molecule has 0 saturated heterocycles. The fraction of sp³-hybridized carbons (Fsp3) is 0.222. The number of methoxy groups -OCH3 is 1. The van der Waals surface area contributed by atoms with Gasteiger partial charge in [0.15, 0.2) is 5.41 Å². The minimum absolute atomic E-state index is 0.167. The van der Waals surface area contributed by atoms with Crippen molar-refractivity contribution in [3.05, 3.63) is 70.0 Å². The molecule has 1 unspecified atom stereocenters. The summed E-state index contributed by atoms with van der Waals surface area (Å²) in [5, 5.41) is 10.8. The van der Waals surface area contributed by atoms with Gasteiger partial charge in [0.05, 0.1) is 18.1 Å². The van der Waals surface area contributed by atoms with Crippen molar-refractivity contribution in [2.75, 3.05) is 7.11 Å². The summed E-state index contributed by atoms with van der Waals surface area (Å²) in [6, 6.07) is 10.7. The van der Waals surface area contributed by atoms with Crippen LogP contribution in [0.25, 0.3) is 0 Å². The molecule has 0 saturated carbocycles. The van der Waals surface area contributed by atoms with Crippen LogP contribution in [-0.2, 0) is 19.7 Å². The molecule has 2 rings (SSSR count). The average Bonchev–Trinajstić information content (AvgIpc) is 2.64. The van der Waals surface area contributed by atoms with Gasteiger partial charge < -0.3 is 9.47 Å².